The molecule has 7 heteroatoms. The van der Waals surface area contributed by atoms with E-state index in [2.05, 4.69) is 10.3 Å². The number of carbonyl (C=O) groups excluding carboxylic acids is 3. The van der Waals surface area contributed by atoms with Crippen LogP contribution in [0.1, 0.15) is 10.4 Å². The lowest BCUT2D eigenvalue weighted by Crippen LogP contribution is -2.53. The van der Waals surface area contributed by atoms with E-state index in [0.29, 0.717) is 0 Å². The van der Waals surface area contributed by atoms with Gasteiger partial charge in [0.25, 0.3) is 5.91 Å². The molecule has 0 atom stereocenters. The third kappa shape index (κ3) is 2.59. The molecule has 0 aliphatic carbocycles. The van der Waals surface area contributed by atoms with Crippen LogP contribution in [-0.2, 0) is 9.59 Å². The first-order valence-electron chi connectivity index (χ1n) is 4.80. The Morgan fingerprint density at radius 1 is 1.29 bits per heavy atom. The van der Waals surface area contributed by atoms with Crippen LogP contribution >= 0.6 is 11.6 Å². The summed E-state index contributed by atoms with van der Waals surface area (Å²) in [6.45, 7) is -0.263. The van der Waals surface area contributed by atoms with Gasteiger partial charge in [0.2, 0.25) is 11.8 Å². The highest BCUT2D eigenvalue weighted by atomic mass is 35.5. The maximum atomic E-state index is 11.9. The van der Waals surface area contributed by atoms with Gasteiger partial charge in [-0.15, -0.1) is 0 Å². The van der Waals surface area contributed by atoms with Crippen molar-refractivity contribution in [3.05, 3.63) is 29.0 Å². The van der Waals surface area contributed by atoms with Gasteiger partial charge in [0.1, 0.15) is 18.2 Å². The first-order valence-corrected chi connectivity index (χ1v) is 5.17. The van der Waals surface area contributed by atoms with Crippen LogP contribution in [0.15, 0.2) is 18.3 Å². The molecule has 1 fully saturated rings. The number of hydrogen-bond acceptors (Lipinski definition) is 4. The Kier molecular flexibility index (Phi) is 3.06. The van der Waals surface area contributed by atoms with Crippen molar-refractivity contribution in [3.63, 3.8) is 0 Å². The Morgan fingerprint density at radius 3 is 2.47 bits per heavy atom. The second-order valence-electron chi connectivity index (χ2n) is 3.50. The van der Waals surface area contributed by atoms with Crippen LogP contribution in [0.2, 0.25) is 5.15 Å². The summed E-state index contributed by atoms with van der Waals surface area (Å²) in [6.07, 6.45) is 1.31. The van der Waals surface area contributed by atoms with Crippen molar-refractivity contribution >= 4 is 29.3 Å². The number of nitrogens with one attached hydrogen (secondary N) is 1. The van der Waals surface area contributed by atoms with Crippen molar-refractivity contribution in [2.75, 3.05) is 13.1 Å². The predicted molar refractivity (Wildman–Crippen MR) is 58.3 cm³/mol. The molecule has 0 aromatic carbocycles. The maximum Gasteiger partial charge on any atom is 0.256 e. The van der Waals surface area contributed by atoms with Gasteiger partial charge in [-0.2, -0.15) is 0 Å². The fourth-order valence-corrected chi connectivity index (χ4v) is 1.58. The number of pyridine rings is 1. The minimum atomic E-state index is -0.489. The van der Waals surface area contributed by atoms with Crippen LogP contribution < -0.4 is 5.32 Å². The number of amides is 3. The monoisotopic (exact) mass is 253 g/mol. The molecule has 3 amide bonds. The molecule has 2 rings (SSSR count). The number of hydrogen-bond donors (Lipinski definition) is 1. The van der Waals surface area contributed by atoms with Gasteiger partial charge in [0.05, 0.1) is 5.56 Å². The number of halogens is 1. The van der Waals surface area contributed by atoms with Gasteiger partial charge < -0.3 is 4.90 Å². The molecular formula is C10H8ClN3O3. The quantitative estimate of drug-likeness (QED) is 0.557. The Labute approximate surface area is 102 Å². The maximum absolute atomic E-state index is 11.9. The summed E-state index contributed by atoms with van der Waals surface area (Å²) in [7, 11) is 0. The molecular weight excluding hydrogens is 246 g/mol. The smallest absolute Gasteiger partial charge is 0.256 e. The predicted octanol–water partition coefficient (Wildman–Crippen LogP) is -0.166. The second kappa shape index (κ2) is 4.50. The molecule has 1 aliphatic heterocycles. The highest BCUT2D eigenvalue weighted by Crippen LogP contribution is 2.09. The number of rotatable bonds is 1. The van der Waals surface area contributed by atoms with E-state index in [0.717, 1.165) is 4.90 Å². The van der Waals surface area contributed by atoms with Gasteiger partial charge in [-0.1, -0.05) is 11.6 Å². The molecule has 17 heavy (non-hydrogen) atoms. The minimum Gasteiger partial charge on any atom is -0.320 e. The Bertz CT molecular complexity index is 470. The van der Waals surface area contributed by atoms with Crippen molar-refractivity contribution in [2.45, 2.75) is 0 Å². The zero-order chi connectivity index (χ0) is 12.4. The Morgan fingerprint density at radius 2 is 1.94 bits per heavy atom. The molecule has 0 unspecified atom stereocenters. The molecule has 0 bridgehead atoms. The molecule has 1 saturated heterocycles. The SMILES string of the molecule is O=C1CN(C(=O)c2ccc(Cl)nc2)CC(=O)N1. The van der Waals surface area contributed by atoms with E-state index in [1.165, 1.54) is 18.3 Å². The summed E-state index contributed by atoms with van der Waals surface area (Å²) in [4.78, 5) is 39.1. The Hall–Kier alpha value is -1.95. The lowest BCUT2D eigenvalue weighted by molar-refractivity contribution is -0.135. The lowest BCUT2D eigenvalue weighted by Gasteiger charge is -2.25. The Balaban J connectivity index is 2.17. The molecule has 88 valence electrons. The molecule has 0 spiro atoms. The minimum absolute atomic E-state index is 0.132. The van der Waals surface area contributed by atoms with E-state index in [9.17, 15) is 14.4 Å². The highest BCUT2D eigenvalue weighted by molar-refractivity contribution is 6.29. The summed E-state index contributed by atoms with van der Waals surface area (Å²) in [5.41, 5.74) is 0.289. The zero-order valence-electron chi connectivity index (χ0n) is 8.64. The van der Waals surface area contributed by atoms with E-state index < -0.39 is 17.7 Å². The zero-order valence-corrected chi connectivity index (χ0v) is 9.40. The van der Waals surface area contributed by atoms with E-state index in [1.54, 1.807) is 0 Å². The van der Waals surface area contributed by atoms with Crippen molar-refractivity contribution in [1.82, 2.24) is 15.2 Å². The fourth-order valence-electron chi connectivity index (χ4n) is 1.47. The van der Waals surface area contributed by atoms with Crippen LogP contribution in [0.25, 0.3) is 0 Å². The van der Waals surface area contributed by atoms with Crippen LogP contribution in [0, 0.1) is 0 Å². The first kappa shape index (κ1) is 11.5. The van der Waals surface area contributed by atoms with Crippen LogP contribution in [0.4, 0.5) is 0 Å². The van der Waals surface area contributed by atoms with E-state index in [-0.39, 0.29) is 23.8 Å². The normalized spacial score (nSPS) is 15.7. The molecule has 0 radical (unpaired) electrons. The fraction of sp³-hybridized carbons (Fsp3) is 0.200. The molecule has 2 heterocycles. The summed E-state index contributed by atoms with van der Waals surface area (Å²) < 4.78 is 0. The lowest BCUT2D eigenvalue weighted by atomic mass is 10.2. The summed E-state index contributed by atoms with van der Waals surface area (Å²) in [5.74, 6) is -1.40. The topological polar surface area (TPSA) is 79.4 Å². The molecule has 1 aliphatic rings. The molecule has 1 aromatic heterocycles. The van der Waals surface area contributed by atoms with Gasteiger partial charge in [-0.25, -0.2) is 4.98 Å². The van der Waals surface area contributed by atoms with Crippen molar-refractivity contribution in [1.29, 1.82) is 0 Å². The average Bonchev–Trinajstić information content (AvgIpc) is 2.28. The van der Waals surface area contributed by atoms with Crippen LogP contribution in [0.5, 0.6) is 0 Å². The van der Waals surface area contributed by atoms with Crippen molar-refractivity contribution < 1.29 is 14.4 Å². The molecule has 1 N–H and O–H groups in total. The van der Waals surface area contributed by atoms with Gasteiger partial charge in [-0.05, 0) is 12.1 Å². The summed E-state index contributed by atoms with van der Waals surface area (Å²) >= 11 is 5.59. The van der Waals surface area contributed by atoms with Gasteiger partial charge >= 0.3 is 0 Å². The third-order valence-corrected chi connectivity index (χ3v) is 2.43. The first-order chi connectivity index (χ1) is 8.06. The highest BCUT2D eigenvalue weighted by Gasteiger charge is 2.27. The summed E-state index contributed by atoms with van der Waals surface area (Å²) in [5, 5.41) is 2.39. The van der Waals surface area contributed by atoms with E-state index in [4.69, 9.17) is 11.6 Å². The van der Waals surface area contributed by atoms with E-state index in [1.807, 2.05) is 0 Å². The van der Waals surface area contributed by atoms with Crippen molar-refractivity contribution in [3.8, 4) is 0 Å². The van der Waals surface area contributed by atoms with Gasteiger partial charge in [0, 0.05) is 6.20 Å². The molecule has 6 nitrogen and oxygen atoms in total. The molecule has 1 aromatic rings. The number of piperazine rings is 1. The standard InChI is InChI=1S/C10H8ClN3O3/c11-7-2-1-6(3-12-7)10(17)14-4-8(15)13-9(16)5-14/h1-3H,4-5H2,(H,13,15,16). The summed E-state index contributed by atoms with van der Waals surface area (Å²) in [6, 6.07) is 2.97. The van der Waals surface area contributed by atoms with Gasteiger partial charge in [-0.3, -0.25) is 19.7 Å². The average molecular weight is 254 g/mol. The number of nitrogens with zero attached hydrogens (tertiary/aromatic N) is 2. The van der Waals surface area contributed by atoms with Crippen LogP contribution in [0.3, 0.4) is 0 Å². The van der Waals surface area contributed by atoms with Gasteiger partial charge in [0.15, 0.2) is 0 Å². The second-order valence-corrected chi connectivity index (χ2v) is 3.89. The number of imide groups is 1. The van der Waals surface area contributed by atoms with E-state index >= 15 is 0 Å². The number of carbonyl (C=O) groups is 3. The van der Waals surface area contributed by atoms with Crippen molar-refractivity contribution in [2.24, 2.45) is 0 Å². The third-order valence-electron chi connectivity index (χ3n) is 2.21. The number of aromatic nitrogens is 1. The largest absolute Gasteiger partial charge is 0.320 e. The van der Waals surface area contributed by atoms with Crippen LogP contribution in [-0.4, -0.2) is 40.7 Å². The molecule has 0 saturated carbocycles.